The average Bonchev–Trinajstić information content (AvgIpc) is 3.08. The number of ether oxygens (including phenoxy) is 1. The first-order chi connectivity index (χ1) is 12.7. The van der Waals surface area contributed by atoms with Gasteiger partial charge in [-0.2, -0.15) is 13.2 Å². The van der Waals surface area contributed by atoms with Gasteiger partial charge in [0.15, 0.2) is 0 Å². The van der Waals surface area contributed by atoms with Crippen LogP contribution in [0.3, 0.4) is 0 Å². The Morgan fingerprint density at radius 3 is 2.63 bits per heavy atom. The molecule has 1 aliphatic rings. The minimum atomic E-state index is -4.49. The molecule has 0 aliphatic carbocycles. The molecule has 1 atom stereocenters. The lowest BCUT2D eigenvalue weighted by atomic mass is 10.3. The zero-order valence-electron chi connectivity index (χ0n) is 14.4. The van der Waals surface area contributed by atoms with Crippen molar-refractivity contribution in [1.29, 1.82) is 0 Å². The molecule has 0 saturated carbocycles. The smallest absolute Gasteiger partial charge is 0.419 e. The number of thiophene rings is 1. The Balaban J connectivity index is 1.63. The molecule has 7 nitrogen and oxygen atoms in total. The van der Waals surface area contributed by atoms with Gasteiger partial charge in [0.25, 0.3) is 0 Å². The molecule has 3 rings (SSSR count). The Morgan fingerprint density at radius 2 is 2.04 bits per heavy atom. The first-order valence-electron chi connectivity index (χ1n) is 8.15. The summed E-state index contributed by atoms with van der Waals surface area (Å²) in [6.45, 7) is 2.98. The fourth-order valence-corrected chi connectivity index (χ4v) is 3.34. The molecular formula is C16H18F3N5O2S. The predicted octanol–water partition coefficient (Wildman–Crippen LogP) is 2.14. The second-order valence-electron chi connectivity index (χ2n) is 6.15. The second-order valence-corrected chi connectivity index (χ2v) is 7.04. The summed E-state index contributed by atoms with van der Waals surface area (Å²) in [6, 6.07) is 1.68. The van der Waals surface area contributed by atoms with Crippen LogP contribution in [0.5, 0.6) is 5.75 Å². The Kier molecular flexibility index (Phi) is 5.51. The number of hydrogen-bond donors (Lipinski definition) is 1. The number of carbonyl (C=O) groups is 1. The Morgan fingerprint density at radius 1 is 1.33 bits per heavy atom. The van der Waals surface area contributed by atoms with Gasteiger partial charge in [0.1, 0.15) is 23.9 Å². The van der Waals surface area contributed by atoms with Gasteiger partial charge in [-0.3, -0.25) is 4.79 Å². The van der Waals surface area contributed by atoms with E-state index in [1.807, 2.05) is 6.92 Å². The van der Waals surface area contributed by atoms with Gasteiger partial charge in [0.05, 0.1) is 5.56 Å². The van der Waals surface area contributed by atoms with Gasteiger partial charge in [-0.05, 0) is 6.92 Å². The van der Waals surface area contributed by atoms with Gasteiger partial charge in [-0.15, -0.1) is 11.3 Å². The quantitative estimate of drug-likeness (QED) is 0.826. The fourth-order valence-electron chi connectivity index (χ4n) is 2.46. The highest BCUT2D eigenvalue weighted by atomic mass is 32.1. The minimum absolute atomic E-state index is 0.0146. The Labute approximate surface area is 157 Å². The van der Waals surface area contributed by atoms with Gasteiger partial charge in [-0.1, -0.05) is 0 Å². The van der Waals surface area contributed by atoms with E-state index in [4.69, 9.17) is 10.5 Å². The van der Waals surface area contributed by atoms with Crippen LogP contribution in [0, 0.1) is 0 Å². The molecule has 0 bridgehead atoms. The van der Waals surface area contributed by atoms with Gasteiger partial charge in [0, 0.05) is 43.0 Å². The van der Waals surface area contributed by atoms with Crippen LogP contribution < -0.4 is 20.3 Å². The van der Waals surface area contributed by atoms with E-state index < -0.39 is 11.7 Å². The lowest BCUT2D eigenvalue weighted by Gasteiger charge is -2.33. The Hall–Kier alpha value is -2.40. The number of nitrogens with two attached hydrogens (primary N) is 1. The molecule has 2 N–H and O–H groups in total. The highest BCUT2D eigenvalue weighted by Gasteiger charge is 2.32. The Bertz CT molecular complexity index is 794. The van der Waals surface area contributed by atoms with E-state index in [1.54, 1.807) is 21.2 Å². The number of rotatable bonds is 5. The van der Waals surface area contributed by atoms with Crippen molar-refractivity contribution in [3.63, 3.8) is 0 Å². The molecular weight excluding hydrogens is 383 g/mol. The third-order valence-electron chi connectivity index (χ3n) is 3.81. The summed E-state index contributed by atoms with van der Waals surface area (Å²) in [5, 5.41) is 2.55. The van der Waals surface area contributed by atoms with Gasteiger partial charge < -0.3 is 20.3 Å². The summed E-state index contributed by atoms with van der Waals surface area (Å²) in [6.07, 6.45) is -3.05. The molecule has 1 aliphatic heterocycles. The normalized spacial score (nSPS) is 16.6. The lowest BCUT2D eigenvalue weighted by molar-refractivity contribution is -0.138. The van der Waals surface area contributed by atoms with Crippen molar-refractivity contribution in [2.45, 2.75) is 19.1 Å². The molecule has 1 fully saturated rings. The van der Waals surface area contributed by atoms with Crippen molar-refractivity contribution in [3.05, 3.63) is 29.4 Å². The SMILES string of the molecule is C[C@H](N)COc1csc(N2CCN(c3ncc(C(F)(F)F)cn3)CC2=O)c1. The van der Waals surface area contributed by atoms with Crippen LogP contribution >= 0.6 is 11.3 Å². The molecule has 0 aromatic carbocycles. The number of carbonyl (C=O) groups excluding carboxylic acids is 1. The lowest BCUT2D eigenvalue weighted by Crippen LogP contribution is -2.51. The molecule has 27 heavy (non-hydrogen) atoms. The molecule has 1 amide bonds. The van der Waals surface area contributed by atoms with Crippen molar-refractivity contribution in [2.24, 2.45) is 5.73 Å². The molecule has 11 heteroatoms. The summed E-state index contributed by atoms with van der Waals surface area (Å²) in [5.41, 5.74) is 4.73. The van der Waals surface area contributed by atoms with E-state index >= 15 is 0 Å². The highest BCUT2D eigenvalue weighted by Crippen LogP contribution is 2.32. The first kappa shape index (κ1) is 19.4. The third kappa shape index (κ3) is 4.66. The van der Waals surface area contributed by atoms with E-state index in [1.165, 1.54) is 11.3 Å². The van der Waals surface area contributed by atoms with Crippen LogP contribution in [0.2, 0.25) is 0 Å². The van der Waals surface area contributed by atoms with Crippen molar-refractivity contribution < 1.29 is 22.7 Å². The zero-order valence-corrected chi connectivity index (χ0v) is 15.3. The van der Waals surface area contributed by atoms with Gasteiger partial charge >= 0.3 is 6.18 Å². The van der Waals surface area contributed by atoms with E-state index in [9.17, 15) is 18.0 Å². The second kappa shape index (κ2) is 7.69. The molecule has 146 valence electrons. The predicted molar refractivity (Wildman–Crippen MR) is 95.1 cm³/mol. The van der Waals surface area contributed by atoms with E-state index in [0.717, 1.165) is 17.4 Å². The summed E-state index contributed by atoms with van der Waals surface area (Å²) < 4.78 is 43.3. The molecule has 2 aromatic heterocycles. The largest absolute Gasteiger partial charge is 0.491 e. The average molecular weight is 401 g/mol. The number of nitrogens with zero attached hydrogens (tertiary/aromatic N) is 4. The number of alkyl halides is 3. The third-order valence-corrected chi connectivity index (χ3v) is 4.74. The van der Waals surface area contributed by atoms with Crippen LogP contribution in [-0.4, -0.2) is 48.2 Å². The molecule has 3 heterocycles. The van der Waals surface area contributed by atoms with Crippen molar-refractivity contribution in [2.75, 3.05) is 36.0 Å². The summed E-state index contributed by atoms with van der Waals surface area (Å²) in [5.74, 6) is 0.557. The van der Waals surface area contributed by atoms with Crippen molar-refractivity contribution >= 4 is 28.2 Å². The summed E-state index contributed by atoms with van der Waals surface area (Å²) >= 11 is 1.38. The maximum absolute atomic E-state index is 12.6. The number of halogens is 3. The van der Waals surface area contributed by atoms with Gasteiger partial charge in [-0.25, -0.2) is 9.97 Å². The summed E-state index contributed by atoms with van der Waals surface area (Å²) in [7, 11) is 0. The number of anilines is 2. The number of aromatic nitrogens is 2. The topological polar surface area (TPSA) is 84.6 Å². The molecule has 0 spiro atoms. The highest BCUT2D eigenvalue weighted by molar-refractivity contribution is 7.14. The van der Waals surface area contributed by atoms with E-state index in [0.29, 0.717) is 25.4 Å². The van der Waals surface area contributed by atoms with E-state index in [2.05, 4.69) is 9.97 Å². The van der Waals surface area contributed by atoms with Crippen LogP contribution in [0.25, 0.3) is 0 Å². The fraction of sp³-hybridized carbons (Fsp3) is 0.438. The molecule has 0 unspecified atom stereocenters. The van der Waals surface area contributed by atoms with Crippen LogP contribution in [0.4, 0.5) is 24.1 Å². The number of amides is 1. The molecule has 0 radical (unpaired) electrons. The molecule has 2 aromatic rings. The van der Waals surface area contributed by atoms with Gasteiger partial charge in [0.2, 0.25) is 11.9 Å². The zero-order chi connectivity index (χ0) is 19.6. The standard InChI is InChI=1S/C16H18F3N5O2S/c1-10(20)8-26-12-4-14(27-9-12)24-3-2-23(7-13(24)25)15-21-5-11(6-22-15)16(17,18)19/h4-6,9-10H,2-3,7-8,20H2,1H3/t10-/m0/s1. The van der Waals surface area contributed by atoms with Crippen molar-refractivity contribution in [3.8, 4) is 5.75 Å². The maximum atomic E-state index is 12.6. The maximum Gasteiger partial charge on any atom is 0.419 e. The molecule has 1 saturated heterocycles. The minimum Gasteiger partial charge on any atom is -0.491 e. The van der Waals surface area contributed by atoms with Crippen LogP contribution in [0.1, 0.15) is 12.5 Å². The number of piperazine rings is 1. The van der Waals surface area contributed by atoms with E-state index in [-0.39, 0.29) is 24.4 Å². The first-order valence-corrected chi connectivity index (χ1v) is 9.03. The van der Waals surface area contributed by atoms with Crippen molar-refractivity contribution in [1.82, 2.24) is 9.97 Å². The van der Waals surface area contributed by atoms with Crippen LogP contribution in [-0.2, 0) is 11.0 Å². The summed E-state index contributed by atoms with van der Waals surface area (Å²) in [4.78, 5) is 23.1. The van der Waals surface area contributed by atoms with Crippen LogP contribution in [0.15, 0.2) is 23.8 Å². The monoisotopic (exact) mass is 401 g/mol. The number of hydrogen-bond acceptors (Lipinski definition) is 7.